The Bertz CT molecular complexity index is 1040. The summed E-state index contributed by atoms with van der Waals surface area (Å²) in [7, 11) is 0. The van der Waals surface area contributed by atoms with Crippen molar-refractivity contribution in [3.05, 3.63) is 70.3 Å². The molecule has 0 saturated carbocycles. The van der Waals surface area contributed by atoms with Gasteiger partial charge in [0.2, 0.25) is 11.8 Å². The largest absolute Gasteiger partial charge is 0.478 e. The van der Waals surface area contributed by atoms with Gasteiger partial charge in [0, 0.05) is 34.9 Å². The molecular weight excluding hydrogens is 422 g/mol. The van der Waals surface area contributed by atoms with E-state index in [1.165, 1.54) is 23.9 Å². The Balaban J connectivity index is 2.10. The summed E-state index contributed by atoms with van der Waals surface area (Å²) in [5, 5.41) is 24.4. The Labute approximate surface area is 182 Å². The molecule has 0 aliphatic rings. The van der Waals surface area contributed by atoms with Gasteiger partial charge in [0.15, 0.2) is 0 Å². The second-order valence-electron chi connectivity index (χ2n) is 6.45. The molecule has 0 bridgehead atoms. The van der Waals surface area contributed by atoms with E-state index in [1.54, 1.807) is 37.3 Å². The zero-order chi connectivity index (χ0) is 23.0. The van der Waals surface area contributed by atoms with Crippen LogP contribution in [0.15, 0.2) is 59.5 Å². The molecule has 31 heavy (non-hydrogen) atoms. The molecule has 0 saturated heterocycles. The third-order valence-electron chi connectivity index (χ3n) is 4.11. The highest BCUT2D eigenvalue weighted by Gasteiger charge is 2.20. The maximum Gasteiger partial charge on any atom is 0.328 e. The molecule has 1 atom stereocenters. The summed E-state index contributed by atoms with van der Waals surface area (Å²) in [6.45, 7) is 3.60. The van der Waals surface area contributed by atoms with E-state index in [4.69, 9.17) is 5.11 Å². The molecule has 10 heteroatoms. The number of carboxylic acids is 1. The highest BCUT2D eigenvalue weighted by atomic mass is 32.2. The molecule has 0 fully saturated rings. The molecule has 2 rings (SSSR count). The molecular formula is C21H21N3O6S. The third kappa shape index (κ3) is 7.27. The van der Waals surface area contributed by atoms with Crippen LogP contribution in [0.25, 0.3) is 0 Å². The Morgan fingerprint density at radius 2 is 1.90 bits per heavy atom. The van der Waals surface area contributed by atoms with Gasteiger partial charge in [-0.3, -0.25) is 19.7 Å². The van der Waals surface area contributed by atoms with Crippen LogP contribution >= 0.6 is 11.8 Å². The summed E-state index contributed by atoms with van der Waals surface area (Å²) >= 11 is 1.28. The third-order valence-corrected chi connectivity index (χ3v) is 5.47. The van der Waals surface area contributed by atoms with Crippen molar-refractivity contribution >= 4 is 46.6 Å². The number of carboxylic acid groups (broad SMARTS) is 1. The number of anilines is 2. The van der Waals surface area contributed by atoms with E-state index < -0.39 is 22.0 Å². The van der Waals surface area contributed by atoms with E-state index >= 15 is 0 Å². The van der Waals surface area contributed by atoms with Gasteiger partial charge < -0.3 is 15.7 Å². The van der Waals surface area contributed by atoms with Gasteiger partial charge in [-0.05, 0) is 37.1 Å². The number of nitrogens with one attached hydrogen (secondary N) is 2. The van der Waals surface area contributed by atoms with Crippen LogP contribution in [0.1, 0.15) is 18.9 Å². The van der Waals surface area contributed by atoms with E-state index in [0.29, 0.717) is 23.4 Å². The molecule has 0 aliphatic carbocycles. The van der Waals surface area contributed by atoms with Gasteiger partial charge in [-0.25, -0.2) is 4.79 Å². The minimum atomic E-state index is -1.23. The summed E-state index contributed by atoms with van der Waals surface area (Å²) in [6.07, 6.45) is 2.15. The average Bonchev–Trinajstić information content (AvgIpc) is 2.72. The lowest BCUT2D eigenvalue weighted by molar-refractivity contribution is -0.384. The second-order valence-corrected chi connectivity index (χ2v) is 7.73. The van der Waals surface area contributed by atoms with Crippen molar-refractivity contribution in [2.75, 3.05) is 10.6 Å². The normalized spacial score (nSPS) is 11.7. The van der Waals surface area contributed by atoms with Crippen molar-refractivity contribution in [3.8, 4) is 0 Å². The topological polar surface area (TPSA) is 139 Å². The monoisotopic (exact) mass is 443 g/mol. The molecule has 0 radical (unpaired) electrons. The van der Waals surface area contributed by atoms with Crippen molar-refractivity contribution in [1.29, 1.82) is 0 Å². The van der Waals surface area contributed by atoms with Gasteiger partial charge in [0.05, 0.1) is 15.9 Å². The van der Waals surface area contributed by atoms with Crippen LogP contribution in [0.3, 0.4) is 0 Å². The number of carbonyl (C=O) groups excluding carboxylic acids is 2. The van der Waals surface area contributed by atoms with Crippen molar-refractivity contribution in [2.24, 2.45) is 0 Å². The fraction of sp³-hybridized carbons (Fsp3) is 0.190. The number of nitrogens with zero attached hydrogens (tertiary/aromatic N) is 1. The Hall–Kier alpha value is -3.66. The zero-order valence-electron chi connectivity index (χ0n) is 16.8. The van der Waals surface area contributed by atoms with Crippen LogP contribution in [0.2, 0.25) is 0 Å². The smallest absolute Gasteiger partial charge is 0.328 e. The first-order valence-corrected chi connectivity index (χ1v) is 10.1. The number of amides is 2. The van der Waals surface area contributed by atoms with Crippen molar-refractivity contribution < 1.29 is 24.4 Å². The summed E-state index contributed by atoms with van der Waals surface area (Å²) in [6, 6.07) is 11.1. The average molecular weight is 443 g/mol. The zero-order valence-corrected chi connectivity index (χ0v) is 17.6. The predicted molar refractivity (Wildman–Crippen MR) is 118 cm³/mol. The van der Waals surface area contributed by atoms with Crippen molar-refractivity contribution in [2.45, 2.75) is 30.4 Å². The first-order chi connectivity index (χ1) is 14.7. The predicted octanol–water partition coefficient (Wildman–Crippen LogP) is 3.99. The first kappa shape index (κ1) is 23.6. The molecule has 9 nitrogen and oxygen atoms in total. The minimum Gasteiger partial charge on any atom is -0.478 e. The maximum atomic E-state index is 12.8. The summed E-state index contributed by atoms with van der Waals surface area (Å²) < 4.78 is 0. The van der Waals surface area contributed by atoms with Crippen LogP contribution in [-0.2, 0) is 14.4 Å². The Morgan fingerprint density at radius 1 is 1.16 bits per heavy atom. The van der Waals surface area contributed by atoms with Gasteiger partial charge >= 0.3 is 5.97 Å². The van der Waals surface area contributed by atoms with E-state index in [1.807, 2.05) is 6.92 Å². The van der Waals surface area contributed by atoms with Crippen LogP contribution < -0.4 is 10.6 Å². The van der Waals surface area contributed by atoms with Gasteiger partial charge in [0.1, 0.15) is 0 Å². The number of carbonyl (C=O) groups is 3. The highest BCUT2D eigenvalue weighted by molar-refractivity contribution is 8.00. The summed E-state index contributed by atoms with van der Waals surface area (Å²) in [4.78, 5) is 46.2. The number of nitro groups is 1. The quantitative estimate of drug-likeness (QED) is 0.230. The van der Waals surface area contributed by atoms with Crippen LogP contribution in [-0.4, -0.2) is 33.1 Å². The fourth-order valence-corrected chi connectivity index (χ4v) is 3.55. The van der Waals surface area contributed by atoms with E-state index in [9.17, 15) is 24.5 Å². The fourth-order valence-electron chi connectivity index (χ4n) is 2.54. The molecule has 162 valence electrons. The minimum absolute atomic E-state index is 0.109. The molecule has 0 heterocycles. The van der Waals surface area contributed by atoms with Crippen LogP contribution in [0, 0.1) is 17.0 Å². The van der Waals surface area contributed by atoms with E-state index in [0.717, 1.165) is 17.0 Å². The highest BCUT2D eigenvalue weighted by Crippen LogP contribution is 2.29. The molecule has 2 amide bonds. The molecule has 0 aromatic heterocycles. The standard InChI is InChI=1S/C21H21N3O6S/c1-3-18(21(28)23-17-12-15(24(29)30)8-7-13(17)2)31-16-6-4-5-14(11-16)22-19(25)9-10-20(26)27/h4-12,18H,3H2,1-2H3,(H,22,25)(H,23,28)(H,26,27)/b10-9+. The number of aliphatic carboxylic acids is 1. The molecule has 2 aromatic carbocycles. The van der Waals surface area contributed by atoms with Gasteiger partial charge in [0.25, 0.3) is 5.69 Å². The van der Waals surface area contributed by atoms with Crippen molar-refractivity contribution in [3.63, 3.8) is 0 Å². The van der Waals surface area contributed by atoms with E-state index in [2.05, 4.69) is 10.6 Å². The van der Waals surface area contributed by atoms with Crippen molar-refractivity contribution in [1.82, 2.24) is 0 Å². The van der Waals surface area contributed by atoms with Gasteiger partial charge in [-0.1, -0.05) is 19.1 Å². The molecule has 0 spiro atoms. The first-order valence-electron chi connectivity index (χ1n) is 9.24. The second kappa shape index (κ2) is 10.9. The van der Waals surface area contributed by atoms with Gasteiger partial charge in [-0.15, -0.1) is 11.8 Å². The molecule has 2 aromatic rings. The number of non-ortho nitro benzene ring substituents is 1. The molecule has 0 aliphatic heterocycles. The molecule has 1 unspecified atom stereocenters. The molecule has 3 N–H and O–H groups in total. The van der Waals surface area contributed by atoms with Gasteiger partial charge in [-0.2, -0.15) is 0 Å². The van der Waals surface area contributed by atoms with Crippen LogP contribution in [0.4, 0.5) is 17.1 Å². The number of rotatable bonds is 9. The summed E-state index contributed by atoms with van der Waals surface area (Å²) in [5.74, 6) is -2.11. The lowest BCUT2D eigenvalue weighted by atomic mass is 10.1. The number of aryl methyl sites for hydroxylation is 1. The number of hydrogen-bond acceptors (Lipinski definition) is 6. The number of nitro benzene ring substituents is 1. The number of thioether (sulfide) groups is 1. The summed E-state index contributed by atoms with van der Waals surface area (Å²) in [5.41, 5.74) is 1.43. The lowest BCUT2D eigenvalue weighted by Gasteiger charge is -2.16. The number of benzene rings is 2. The number of hydrogen-bond donors (Lipinski definition) is 3. The Morgan fingerprint density at radius 3 is 2.55 bits per heavy atom. The van der Waals surface area contributed by atoms with E-state index in [-0.39, 0.29) is 11.6 Å². The SMILES string of the molecule is CCC(Sc1cccc(NC(=O)/C=C/C(=O)O)c1)C(=O)Nc1cc([N+](=O)[O-])ccc1C. The lowest BCUT2D eigenvalue weighted by Crippen LogP contribution is -2.25. The Kier molecular flexibility index (Phi) is 8.33. The van der Waals surface area contributed by atoms with Crippen LogP contribution in [0.5, 0.6) is 0 Å². The maximum absolute atomic E-state index is 12.8.